The van der Waals surface area contributed by atoms with Gasteiger partial charge in [0.1, 0.15) is 5.82 Å². The molecule has 2 aromatic heterocycles. The number of thiophene rings is 1. The van der Waals surface area contributed by atoms with Gasteiger partial charge in [0.05, 0.1) is 39.3 Å². The van der Waals surface area contributed by atoms with Crippen LogP contribution in [0.5, 0.6) is 0 Å². The average Bonchev–Trinajstić information content (AvgIpc) is 3.46. The summed E-state index contributed by atoms with van der Waals surface area (Å²) in [5, 5.41) is 10.8. The number of nitrogens with two attached hydrogens (primary N) is 1. The Hall–Kier alpha value is -3.40. The van der Waals surface area contributed by atoms with Crippen LogP contribution >= 0.6 is 11.3 Å². The Kier molecular flexibility index (Phi) is 6.40. The van der Waals surface area contributed by atoms with Crippen molar-refractivity contribution in [1.82, 2.24) is 4.98 Å². The summed E-state index contributed by atoms with van der Waals surface area (Å²) in [4.78, 5) is 15.4. The van der Waals surface area contributed by atoms with Gasteiger partial charge in [-0.05, 0) is 35.4 Å². The van der Waals surface area contributed by atoms with Crippen molar-refractivity contribution in [2.24, 2.45) is 5.73 Å². The number of rotatable bonds is 7. The molecular formula is C23H20FN3O4S. The Bertz CT molecular complexity index is 1250. The Labute approximate surface area is 187 Å². The van der Waals surface area contributed by atoms with Gasteiger partial charge in [0.25, 0.3) is 5.69 Å². The van der Waals surface area contributed by atoms with Gasteiger partial charge in [-0.15, -0.1) is 11.3 Å². The van der Waals surface area contributed by atoms with Gasteiger partial charge in [0.15, 0.2) is 6.29 Å². The molecule has 1 aliphatic rings. The number of aromatic nitrogens is 1. The fourth-order valence-corrected chi connectivity index (χ4v) is 4.40. The molecule has 1 aromatic carbocycles. The second-order valence-corrected chi connectivity index (χ2v) is 8.12. The molecule has 1 saturated heterocycles. The summed E-state index contributed by atoms with van der Waals surface area (Å²) in [6.07, 6.45) is 6.74. The fourth-order valence-electron chi connectivity index (χ4n) is 3.33. The molecule has 2 N–H and O–H groups in total. The van der Waals surface area contributed by atoms with Crippen LogP contribution in [-0.2, 0) is 15.9 Å². The number of halogens is 1. The zero-order valence-electron chi connectivity index (χ0n) is 17.0. The van der Waals surface area contributed by atoms with Crippen LogP contribution in [0, 0.1) is 15.9 Å². The van der Waals surface area contributed by atoms with Gasteiger partial charge >= 0.3 is 0 Å². The Morgan fingerprint density at radius 3 is 2.75 bits per heavy atom. The van der Waals surface area contributed by atoms with E-state index in [2.05, 4.69) is 11.6 Å². The summed E-state index contributed by atoms with van der Waals surface area (Å²) in [5.41, 5.74) is 9.31. The second-order valence-electron chi connectivity index (χ2n) is 7.07. The topological polar surface area (TPSA) is 101 Å². The minimum absolute atomic E-state index is 0.275. The van der Waals surface area contributed by atoms with Crippen LogP contribution in [0.4, 0.5) is 10.1 Å². The van der Waals surface area contributed by atoms with E-state index in [4.69, 9.17) is 15.2 Å². The van der Waals surface area contributed by atoms with E-state index in [1.54, 1.807) is 18.3 Å². The maximum Gasteiger partial charge on any atom is 0.272 e. The number of nitro benzene ring substituents is 1. The van der Waals surface area contributed by atoms with E-state index >= 15 is 0 Å². The van der Waals surface area contributed by atoms with Crippen LogP contribution < -0.4 is 5.73 Å². The Morgan fingerprint density at radius 2 is 2.06 bits per heavy atom. The molecule has 1 aliphatic heterocycles. The lowest BCUT2D eigenvalue weighted by atomic mass is 10.0. The molecule has 32 heavy (non-hydrogen) atoms. The van der Waals surface area contributed by atoms with Gasteiger partial charge < -0.3 is 15.2 Å². The summed E-state index contributed by atoms with van der Waals surface area (Å²) in [6, 6.07) is 7.38. The minimum atomic E-state index is -0.616. The first-order chi connectivity index (χ1) is 15.5. The van der Waals surface area contributed by atoms with E-state index in [1.165, 1.54) is 23.5 Å². The smallest absolute Gasteiger partial charge is 0.272 e. The molecule has 164 valence electrons. The summed E-state index contributed by atoms with van der Waals surface area (Å²) >= 11 is 1.45. The van der Waals surface area contributed by atoms with Gasteiger partial charge in [-0.1, -0.05) is 18.7 Å². The first kappa shape index (κ1) is 21.8. The lowest BCUT2D eigenvalue weighted by Gasteiger charge is -2.09. The predicted molar refractivity (Wildman–Crippen MR) is 122 cm³/mol. The third-order valence-corrected chi connectivity index (χ3v) is 6.24. The SMILES string of the molecule is C=C/C(=C\C=C(/N)c1cc2nccc(Cc3ccc([N+](=O)[O-])cc3F)c2s1)C1OCCO1. The maximum atomic E-state index is 14.4. The summed E-state index contributed by atoms with van der Waals surface area (Å²) in [5.74, 6) is -0.612. The monoisotopic (exact) mass is 453 g/mol. The molecule has 0 spiro atoms. The molecular weight excluding hydrogens is 433 g/mol. The fraction of sp³-hybridized carbons (Fsp3) is 0.174. The van der Waals surface area contributed by atoms with Crippen molar-refractivity contribution in [3.05, 3.63) is 98.8 Å². The molecule has 4 rings (SSSR count). The normalized spacial score (nSPS) is 15.4. The van der Waals surface area contributed by atoms with Crippen molar-refractivity contribution in [3.63, 3.8) is 0 Å². The van der Waals surface area contributed by atoms with Crippen LogP contribution in [0.25, 0.3) is 15.9 Å². The van der Waals surface area contributed by atoms with Crippen LogP contribution in [0.15, 0.2) is 66.9 Å². The summed E-state index contributed by atoms with van der Waals surface area (Å²) in [6.45, 7) is 4.86. The molecule has 3 heterocycles. The Morgan fingerprint density at radius 1 is 1.28 bits per heavy atom. The van der Waals surface area contributed by atoms with Crippen molar-refractivity contribution in [1.29, 1.82) is 0 Å². The largest absolute Gasteiger partial charge is 0.398 e. The summed E-state index contributed by atoms with van der Waals surface area (Å²) < 4.78 is 26.2. The van der Waals surface area contributed by atoms with E-state index in [1.807, 2.05) is 18.2 Å². The van der Waals surface area contributed by atoms with E-state index in [9.17, 15) is 14.5 Å². The van der Waals surface area contributed by atoms with Gasteiger partial charge in [-0.2, -0.15) is 0 Å². The van der Waals surface area contributed by atoms with Crippen molar-refractivity contribution in [3.8, 4) is 0 Å². The van der Waals surface area contributed by atoms with E-state index in [-0.39, 0.29) is 12.1 Å². The number of allylic oxidation sites excluding steroid dienone is 2. The molecule has 0 amide bonds. The maximum absolute atomic E-state index is 14.4. The average molecular weight is 453 g/mol. The molecule has 0 saturated carbocycles. The minimum Gasteiger partial charge on any atom is -0.398 e. The van der Waals surface area contributed by atoms with Gasteiger partial charge in [-0.25, -0.2) is 4.39 Å². The lowest BCUT2D eigenvalue weighted by molar-refractivity contribution is -0.385. The highest BCUT2D eigenvalue weighted by atomic mass is 32.1. The van der Waals surface area contributed by atoms with Gasteiger partial charge in [-0.3, -0.25) is 15.1 Å². The van der Waals surface area contributed by atoms with Crippen molar-refractivity contribution in [2.45, 2.75) is 12.7 Å². The highest BCUT2D eigenvalue weighted by Gasteiger charge is 2.18. The Balaban J connectivity index is 1.62. The number of ether oxygens (including phenoxy) is 2. The molecule has 0 bridgehead atoms. The second kappa shape index (κ2) is 9.39. The third kappa shape index (κ3) is 4.59. The molecule has 0 aliphatic carbocycles. The van der Waals surface area contributed by atoms with Crippen molar-refractivity contribution in [2.75, 3.05) is 13.2 Å². The standard InChI is InChI=1S/C23H20FN3O4S/c1-2-14(23-30-9-10-31-23)4-6-19(25)21-13-20-22(32-21)16(7-8-26-20)11-15-3-5-17(27(28)29)12-18(15)24/h2-8,12-13,23H,1,9-11,25H2/b14-4+,19-6-. The number of nitrogens with zero attached hydrogens (tertiary/aromatic N) is 2. The van der Waals surface area contributed by atoms with Gasteiger partial charge in [0, 0.05) is 30.0 Å². The first-order valence-corrected chi connectivity index (χ1v) is 10.6. The summed E-state index contributed by atoms with van der Waals surface area (Å²) in [7, 11) is 0. The zero-order chi connectivity index (χ0) is 22.7. The predicted octanol–water partition coefficient (Wildman–Crippen LogP) is 4.72. The lowest BCUT2D eigenvalue weighted by Crippen LogP contribution is -2.09. The number of non-ortho nitro benzene ring substituents is 1. The highest BCUT2D eigenvalue weighted by molar-refractivity contribution is 7.20. The van der Waals surface area contributed by atoms with E-state index in [0.29, 0.717) is 24.5 Å². The van der Waals surface area contributed by atoms with Crippen molar-refractivity contribution < 1.29 is 18.8 Å². The number of benzene rings is 1. The van der Waals surface area contributed by atoms with Gasteiger partial charge in [0.2, 0.25) is 0 Å². The molecule has 0 radical (unpaired) electrons. The third-order valence-electron chi connectivity index (χ3n) is 4.99. The van der Waals surface area contributed by atoms with Crippen molar-refractivity contribution >= 4 is 32.9 Å². The number of hydrogen-bond donors (Lipinski definition) is 1. The number of hydrogen-bond acceptors (Lipinski definition) is 7. The van der Waals surface area contributed by atoms with E-state index < -0.39 is 17.0 Å². The molecule has 0 atom stereocenters. The zero-order valence-corrected chi connectivity index (χ0v) is 17.8. The molecule has 9 heteroatoms. The van der Waals surface area contributed by atoms with Crippen LogP contribution in [-0.4, -0.2) is 29.4 Å². The number of fused-ring (bicyclic) bond motifs is 1. The molecule has 0 unspecified atom stereocenters. The first-order valence-electron chi connectivity index (χ1n) is 9.80. The van der Waals surface area contributed by atoms with Crippen LogP contribution in [0.3, 0.4) is 0 Å². The molecule has 7 nitrogen and oxygen atoms in total. The number of nitro groups is 1. The van der Waals surface area contributed by atoms with E-state index in [0.717, 1.165) is 32.3 Å². The highest BCUT2D eigenvalue weighted by Crippen LogP contribution is 2.32. The van der Waals surface area contributed by atoms with Crippen LogP contribution in [0.1, 0.15) is 16.0 Å². The number of pyridine rings is 1. The molecule has 3 aromatic rings. The quantitative estimate of drug-likeness (QED) is 0.316. The van der Waals surface area contributed by atoms with Crippen LogP contribution in [0.2, 0.25) is 0 Å². The molecule has 1 fully saturated rings.